The van der Waals surface area contributed by atoms with Crippen molar-refractivity contribution in [3.05, 3.63) is 0 Å². The van der Waals surface area contributed by atoms with Crippen LogP contribution in [0.5, 0.6) is 0 Å². The molecule has 2 amide bonds. The largest absolute Gasteiger partial charge is 0.333 e. The number of rotatable bonds is 10. The number of hydrogen-bond acceptors (Lipinski definition) is 1. The zero-order chi connectivity index (χ0) is 15.6. The summed E-state index contributed by atoms with van der Waals surface area (Å²) in [6.07, 6.45) is 13.5. The van der Waals surface area contributed by atoms with Crippen molar-refractivity contribution >= 4 is 6.03 Å². The highest BCUT2D eigenvalue weighted by Crippen LogP contribution is 2.23. The Morgan fingerprint density at radius 1 is 0.952 bits per heavy atom. The minimum Gasteiger partial charge on any atom is -0.333 e. The average Bonchev–Trinajstić information content (AvgIpc) is 2.99. The van der Waals surface area contributed by atoms with E-state index in [0.717, 1.165) is 38.8 Å². The van der Waals surface area contributed by atoms with Gasteiger partial charge in [-0.1, -0.05) is 58.8 Å². The van der Waals surface area contributed by atoms with E-state index >= 15 is 0 Å². The zero-order valence-electron chi connectivity index (χ0n) is 14.5. The molecule has 0 aromatic heterocycles. The van der Waals surface area contributed by atoms with E-state index in [1.54, 1.807) is 0 Å². The first-order valence-electron chi connectivity index (χ1n) is 9.18. The van der Waals surface area contributed by atoms with E-state index < -0.39 is 0 Å². The number of nitrogens with zero attached hydrogens (tertiary/aromatic N) is 1. The molecular weight excluding hydrogens is 260 g/mol. The second-order valence-corrected chi connectivity index (χ2v) is 6.95. The third-order valence-corrected chi connectivity index (χ3v) is 4.72. The molecule has 0 bridgehead atoms. The molecule has 3 heteroatoms. The molecule has 1 heterocycles. The van der Waals surface area contributed by atoms with Crippen LogP contribution >= 0.6 is 0 Å². The summed E-state index contributed by atoms with van der Waals surface area (Å²) >= 11 is 0. The summed E-state index contributed by atoms with van der Waals surface area (Å²) in [6.45, 7) is 8.60. The minimum atomic E-state index is -0.0120. The molecule has 0 aromatic rings. The van der Waals surface area contributed by atoms with E-state index in [-0.39, 0.29) is 11.6 Å². The molecule has 124 valence electrons. The standard InChI is InChI=1S/C18H36N2O/c1-4-6-8-9-10-14-18(3,13-7-5-2)19-17(21)20-15-11-12-16-20/h4-16H2,1-3H3,(H,19,21). The first kappa shape index (κ1) is 18.3. The van der Waals surface area contributed by atoms with Gasteiger partial charge in [-0.05, 0) is 32.6 Å². The summed E-state index contributed by atoms with van der Waals surface area (Å²) in [5.41, 5.74) is -0.0120. The van der Waals surface area contributed by atoms with Crippen molar-refractivity contribution in [2.75, 3.05) is 13.1 Å². The molecule has 1 aliphatic rings. The van der Waals surface area contributed by atoms with Gasteiger partial charge >= 0.3 is 6.03 Å². The Kier molecular flexibility index (Phi) is 8.79. The van der Waals surface area contributed by atoms with Crippen LogP contribution in [0.15, 0.2) is 0 Å². The van der Waals surface area contributed by atoms with Gasteiger partial charge in [-0.3, -0.25) is 0 Å². The maximum Gasteiger partial charge on any atom is 0.317 e. The smallest absolute Gasteiger partial charge is 0.317 e. The second kappa shape index (κ2) is 10.1. The number of carbonyl (C=O) groups excluding carboxylic acids is 1. The monoisotopic (exact) mass is 296 g/mol. The lowest BCUT2D eigenvalue weighted by Gasteiger charge is -2.33. The van der Waals surface area contributed by atoms with Crippen LogP contribution < -0.4 is 5.32 Å². The van der Waals surface area contributed by atoms with Crippen LogP contribution in [0.1, 0.15) is 91.4 Å². The van der Waals surface area contributed by atoms with Gasteiger partial charge in [0.05, 0.1) is 0 Å². The number of nitrogens with one attached hydrogen (secondary N) is 1. The fraction of sp³-hybridized carbons (Fsp3) is 0.944. The van der Waals surface area contributed by atoms with Crippen molar-refractivity contribution in [2.24, 2.45) is 0 Å². The summed E-state index contributed by atoms with van der Waals surface area (Å²) < 4.78 is 0. The summed E-state index contributed by atoms with van der Waals surface area (Å²) in [6, 6.07) is 0.166. The Morgan fingerprint density at radius 2 is 1.52 bits per heavy atom. The van der Waals surface area contributed by atoms with Crippen LogP contribution in [0.25, 0.3) is 0 Å². The van der Waals surface area contributed by atoms with Crippen molar-refractivity contribution < 1.29 is 4.79 Å². The maximum atomic E-state index is 12.4. The third-order valence-electron chi connectivity index (χ3n) is 4.72. The van der Waals surface area contributed by atoms with Gasteiger partial charge in [-0.25, -0.2) is 4.79 Å². The van der Waals surface area contributed by atoms with Gasteiger partial charge < -0.3 is 10.2 Å². The molecule has 0 saturated carbocycles. The van der Waals surface area contributed by atoms with Gasteiger partial charge in [0, 0.05) is 18.6 Å². The lowest BCUT2D eigenvalue weighted by atomic mass is 9.88. The van der Waals surface area contributed by atoms with Crippen LogP contribution in [-0.2, 0) is 0 Å². The maximum absolute atomic E-state index is 12.4. The van der Waals surface area contributed by atoms with Crippen LogP contribution in [0.3, 0.4) is 0 Å². The van der Waals surface area contributed by atoms with Crippen LogP contribution in [0, 0.1) is 0 Å². The number of unbranched alkanes of at least 4 members (excludes halogenated alkanes) is 5. The van der Waals surface area contributed by atoms with Crippen LogP contribution in [-0.4, -0.2) is 29.6 Å². The first-order valence-corrected chi connectivity index (χ1v) is 9.18. The molecule has 0 spiro atoms. The van der Waals surface area contributed by atoms with E-state index in [1.807, 2.05) is 4.90 Å². The topological polar surface area (TPSA) is 32.3 Å². The minimum absolute atomic E-state index is 0.0120. The molecule has 21 heavy (non-hydrogen) atoms. The SMILES string of the molecule is CCCCCCCC(C)(CCCC)NC(=O)N1CCCC1. The molecule has 1 unspecified atom stereocenters. The Bertz CT molecular complexity index is 287. The number of likely N-dealkylation sites (tertiary alicyclic amines) is 1. The number of carbonyl (C=O) groups is 1. The predicted molar refractivity (Wildman–Crippen MR) is 90.6 cm³/mol. The highest BCUT2D eigenvalue weighted by Gasteiger charge is 2.28. The molecular formula is C18H36N2O. The normalized spacial score (nSPS) is 17.8. The van der Waals surface area contributed by atoms with E-state index in [0.29, 0.717) is 0 Å². The molecule has 1 aliphatic heterocycles. The second-order valence-electron chi connectivity index (χ2n) is 6.95. The highest BCUT2D eigenvalue weighted by molar-refractivity contribution is 5.75. The van der Waals surface area contributed by atoms with Crippen LogP contribution in [0.2, 0.25) is 0 Å². The van der Waals surface area contributed by atoms with Crippen molar-refractivity contribution in [3.63, 3.8) is 0 Å². The number of amides is 2. The molecule has 1 N–H and O–H groups in total. The van der Waals surface area contributed by atoms with E-state index in [9.17, 15) is 4.79 Å². The lowest BCUT2D eigenvalue weighted by Crippen LogP contribution is -2.51. The summed E-state index contributed by atoms with van der Waals surface area (Å²) in [4.78, 5) is 14.4. The quantitative estimate of drug-likeness (QED) is 0.559. The Hall–Kier alpha value is -0.730. The number of urea groups is 1. The fourth-order valence-corrected chi connectivity index (χ4v) is 3.19. The van der Waals surface area contributed by atoms with Gasteiger partial charge in [-0.15, -0.1) is 0 Å². The van der Waals surface area contributed by atoms with Gasteiger partial charge in [0.1, 0.15) is 0 Å². The predicted octanol–water partition coefficient (Wildman–Crippen LogP) is 5.10. The third kappa shape index (κ3) is 7.19. The van der Waals surface area contributed by atoms with Crippen molar-refractivity contribution in [2.45, 2.75) is 96.9 Å². The molecule has 1 rings (SSSR count). The zero-order valence-corrected chi connectivity index (χ0v) is 14.5. The van der Waals surface area contributed by atoms with Crippen molar-refractivity contribution in [3.8, 4) is 0 Å². The first-order chi connectivity index (χ1) is 10.1. The molecule has 3 nitrogen and oxygen atoms in total. The van der Waals surface area contributed by atoms with Gasteiger partial charge in [-0.2, -0.15) is 0 Å². The van der Waals surface area contributed by atoms with E-state index in [1.165, 1.54) is 44.9 Å². The summed E-state index contributed by atoms with van der Waals surface area (Å²) in [5.74, 6) is 0. The molecule has 1 saturated heterocycles. The fourth-order valence-electron chi connectivity index (χ4n) is 3.19. The van der Waals surface area contributed by atoms with Crippen molar-refractivity contribution in [1.82, 2.24) is 10.2 Å². The molecule has 1 fully saturated rings. The Balaban J connectivity index is 2.41. The van der Waals surface area contributed by atoms with Gasteiger partial charge in [0.15, 0.2) is 0 Å². The molecule has 1 atom stereocenters. The number of hydrogen-bond donors (Lipinski definition) is 1. The summed E-state index contributed by atoms with van der Waals surface area (Å²) in [5, 5.41) is 3.35. The Morgan fingerprint density at radius 3 is 2.14 bits per heavy atom. The van der Waals surface area contributed by atoms with Crippen LogP contribution in [0.4, 0.5) is 4.79 Å². The molecule has 0 radical (unpaired) electrons. The van der Waals surface area contributed by atoms with E-state index in [2.05, 4.69) is 26.1 Å². The molecule has 0 aliphatic carbocycles. The van der Waals surface area contributed by atoms with Gasteiger partial charge in [0.25, 0.3) is 0 Å². The van der Waals surface area contributed by atoms with E-state index in [4.69, 9.17) is 0 Å². The Labute approximate surface area is 131 Å². The van der Waals surface area contributed by atoms with Crippen molar-refractivity contribution in [1.29, 1.82) is 0 Å². The average molecular weight is 296 g/mol. The highest BCUT2D eigenvalue weighted by atomic mass is 16.2. The summed E-state index contributed by atoms with van der Waals surface area (Å²) in [7, 11) is 0. The van der Waals surface area contributed by atoms with Gasteiger partial charge in [0.2, 0.25) is 0 Å². The lowest BCUT2D eigenvalue weighted by molar-refractivity contribution is 0.188. The molecule has 0 aromatic carbocycles.